The summed E-state index contributed by atoms with van der Waals surface area (Å²) in [6, 6.07) is 13.5. The Bertz CT molecular complexity index is 808. The molecule has 2 aromatic rings. The molecule has 0 unspecified atom stereocenters. The highest BCUT2D eigenvalue weighted by atomic mass is 32.2. The van der Waals surface area contributed by atoms with Gasteiger partial charge in [-0.25, -0.2) is 4.79 Å². The van der Waals surface area contributed by atoms with Gasteiger partial charge in [0.25, 0.3) is 0 Å². The minimum absolute atomic E-state index is 0.330. The van der Waals surface area contributed by atoms with Gasteiger partial charge >= 0.3 is 5.97 Å². The molecule has 24 heavy (non-hydrogen) atoms. The molecule has 4 heteroatoms. The zero-order valence-corrected chi connectivity index (χ0v) is 14.7. The molecule has 1 aliphatic carbocycles. The smallest absolute Gasteiger partial charge is 0.335 e. The number of hydrogen-bond donors (Lipinski definition) is 1. The summed E-state index contributed by atoms with van der Waals surface area (Å²) in [6.07, 6.45) is 5.09. The third-order valence-electron chi connectivity index (χ3n) is 4.41. The van der Waals surface area contributed by atoms with Gasteiger partial charge in [0, 0.05) is 10.5 Å². The summed E-state index contributed by atoms with van der Waals surface area (Å²) in [5, 5.41) is 9.25. The fourth-order valence-electron chi connectivity index (χ4n) is 3.25. The van der Waals surface area contributed by atoms with Gasteiger partial charge in [-0.2, -0.15) is 0 Å². The van der Waals surface area contributed by atoms with E-state index in [0.717, 1.165) is 36.1 Å². The highest BCUT2D eigenvalue weighted by molar-refractivity contribution is 7.98. The lowest BCUT2D eigenvalue weighted by atomic mass is 9.95. The molecule has 124 valence electrons. The summed E-state index contributed by atoms with van der Waals surface area (Å²) < 4.78 is 5.57. The molecule has 3 rings (SSSR count). The maximum absolute atomic E-state index is 11.3. The zero-order valence-electron chi connectivity index (χ0n) is 13.8. The zero-order chi connectivity index (χ0) is 17.1. The lowest BCUT2D eigenvalue weighted by Crippen LogP contribution is -1.97. The van der Waals surface area contributed by atoms with Crippen LogP contribution in [-0.4, -0.2) is 24.4 Å². The maximum Gasteiger partial charge on any atom is 0.335 e. The molecule has 1 aliphatic rings. The van der Waals surface area contributed by atoms with Crippen molar-refractivity contribution in [3.05, 3.63) is 59.2 Å². The Kier molecular flexibility index (Phi) is 4.95. The van der Waals surface area contributed by atoms with E-state index in [1.807, 2.05) is 18.2 Å². The molecule has 0 spiro atoms. The number of thioether (sulfide) groups is 1. The third kappa shape index (κ3) is 3.20. The number of benzene rings is 2. The predicted molar refractivity (Wildman–Crippen MR) is 98.8 cm³/mol. The minimum atomic E-state index is -0.890. The Morgan fingerprint density at radius 1 is 1.12 bits per heavy atom. The molecule has 0 fully saturated rings. The fourth-order valence-corrected chi connectivity index (χ4v) is 3.69. The second-order valence-electron chi connectivity index (χ2n) is 5.76. The quantitative estimate of drug-likeness (QED) is 0.759. The van der Waals surface area contributed by atoms with Crippen LogP contribution in [0.2, 0.25) is 0 Å². The molecule has 0 radical (unpaired) electrons. The number of rotatable bonds is 5. The van der Waals surface area contributed by atoms with E-state index >= 15 is 0 Å². The van der Waals surface area contributed by atoms with E-state index < -0.39 is 5.97 Å². The van der Waals surface area contributed by atoms with Gasteiger partial charge < -0.3 is 9.84 Å². The standard InChI is InChI=1S/C20H20O3S/c1-23-19-10-9-15(24-2)12-18(19)17-8-4-7-16(17)13-5-3-6-14(11-13)20(21)22/h3,5-6,9-12H,4,7-8H2,1-2H3,(H,21,22). The molecule has 0 saturated heterocycles. The number of hydrogen-bond acceptors (Lipinski definition) is 3. The number of ether oxygens (including phenoxy) is 1. The van der Waals surface area contributed by atoms with Crippen LogP contribution in [0.4, 0.5) is 0 Å². The van der Waals surface area contributed by atoms with E-state index in [-0.39, 0.29) is 0 Å². The van der Waals surface area contributed by atoms with Gasteiger partial charge in [0.05, 0.1) is 12.7 Å². The van der Waals surface area contributed by atoms with Gasteiger partial charge in [0.1, 0.15) is 5.75 Å². The summed E-state index contributed by atoms with van der Waals surface area (Å²) in [5.41, 5.74) is 4.95. The predicted octanol–water partition coefficient (Wildman–Crippen LogP) is 5.21. The molecule has 0 bridgehead atoms. The van der Waals surface area contributed by atoms with Crippen LogP contribution in [0.5, 0.6) is 5.75 Å². The van der Waals surface area contributed by atoms with E-state index in [0.29, 0.717) is 5.56 Å². The number of carbonyl (C=O) groups is 1. The minimum Gasteiger partial charge on any atom is -0.496 e. The van der Waals surface area contributed by atoms with Crippen molar-refractivity contribution in [1.82, 2.24) is 0 Å². The topological polar surface area (TPSA) is 46.5 Å². The van der Waals surface area contributed by atoms with Gasteiger partial charge in [0.2, 0.25) is 0 Å². The third-order valence-corrected chi connectivity index (χ3v) is 5.13. The van der Waals surface area contributed by atoms with Crippen molar-refractivity contribution in [2.45, 2.75) is 24.2 Å². The number of methoxy groups -OCH3 is 1. The van der Waals surface area contributed by atoms with E-state index in [9.17, 15) is 9.90 Å². The van der Waals surface area contributed by atoms with Crippen LogP contribution in [-0.2, 0) is 0 Å². The Labute approximate surface area is 146 Å². The molecule has 1 N–H and O–H groups in total. The molecule has 0 aliphatic heterocycles. The van der Waals surface area contributed by atoms with Crippen LogP contribution in [0.1, 0.15) is 40.7 Å². The fraction of sp³-hybridized carbons (Fsp3) is 0.250. The summed E-state index contributed by atoms with van der Waals surface area (Å²) in [5.74, 6) is -0.0180. The normalized spacial score (nSPS) is 14.1. The van der Waals surface area contributed by atoms with Crippen LogP contribution in [0, 0.1) is 0 Å². The van der Waals surface area contributed by atoms with Crippen LogP contribution in [0.3, 0.4) is 0 Å². The Morgan fingerprint density at radius 3 is 2.62 bits per heavy atom. The van der Waals surface area contributed by atoms with Gasteiger partial charge in [0.15, 0.2) is 0 Å². The van der Waals surface area contributed by atoms with Crippen molar-refractivity contribution in [2.75, 3.05) is 13.4 Å². The van der Waals surface area contributed by atoms with Crippen LogP contribution in [0.25, 0.3) is 11.1 Å². The first-order valence-electron chi connectivity index (χ1n) is 7.92. The Hall–Kier alpha value is -2.20. The monoisotopic (exact) mass is 340 g/mol. The molecule has 0 saturated carbocycles. The van der Waals surface area contributed by atoms with Crippen molar-refractivity contribution in [2.24, 2.45) is 0 Å². The number of allylic oxidation sites excluding steroid dienone is 2. The Balaban J connectivity index is 2.14. The van der Waals surface area contributed by atoms with Crippen LogP contribution < -0.4 is 4.74 Å². The lowest BCUT2D eigenvalue weighted by Gasteiger charge is -2.14. The lowest BCUT2D eigenvalue weighted by molar-refractivity contribution is 0.0697. The van der Waals surface area contributed by atoms with Gasteiger partial charge in [-0.3, -0.25) is 0 Å². The first kappa shape index (κ1) is 16.7. The molecular weight excluding hydrogens is 320 g/mol. The largest absolute Gasteiger partial charge is 0.496 e. The van der Waals surface area contributed by atoms with E-state index in [2.05, 4.69) is 18.4 Å². The number of carboxylic acids is 1. The average molecular weight is 340 g/mol. The molecule has 0 heterocycles. The SMILES string of the molecule is COc1ccc(SC)cc1C1=C(c2cccc(C(=O)O)c2)CCC1. The number of carboxylic acid groups (broad SMARTS) is 1. The molecule has 2 aromatic carbocycles. The van der Waals surface area contributed by atoms with Crippen molar-refractivity contribution in [1.29, 1.82) is 0 Å². The van der Waals surface area contributed by atoms with Crippen LogP contribution >= 0.6 is 11.8 Å². The highest BCUT2D eigenvalue weighted by Crippen LogP contribution is 2.43. The summed E-state index contributed by atoms with van der Waals surface area (Å²) in [6.45, 7) is 0. The van der Waals surface area contributed by atoms with Crippen molar-refractivity contribution in [3.63, 3.8) is 0 Å². The summed E-state index contributed by atoms with van der Waals surface area (Å²) in [4.78, 5) is 12.5. The molecule has 0 aromatic heterocycles. The van der Waals surface area contributed by atoms with Crippen LogP contribution in [0.15, 0.2) is 47.4 Å². The maximum atomic E-state index is 11.3. The van der Waals surface area contributed by atoms with Gasteiger partial charge in [-0.15, -0.1) is 11.8 Å². The van der Waals surface area contributed by atoms with Gasteiger partial charge in [-0.05, 0) is 72.6 Å². The second kappa shape index (κ2) is 7.14. The highest BCUT2D eigenvalue weighted by Gasteiger charge is 2.21. The van der Waals surface area contributed by atoms with E-state index in [1.54, 1.807) is 31.0 Å². The molecule has 0 atom stereocenters. The summed E-state index contributed by atoms with van der Waals surface area (Å²) >= 11 is 1.71. The Morgan fingerprint density at radius 2 is 1.92 bits per heavy atom. The van der Waals surface area contributed by atoms with Crippen molar-refractivity contribution in [3.8, 4) is 5.75 Å². The number of aromatic carboxylic acids is 1. The average Bonchev–Trinajstić information content (AvgIpc) is 3.10. The first-order valence-corrected chi connectivity index (χ1v) is 9.14. The summed E-state index contributed by atoms with van der Waals surface area (Å²) in [7, 11) is 1.69. The first-order chi connectivity index (χ1) is 11.6. The van der Waals surface area contributed by atoms with Gasteiger partial charge in [-0.1, -0.05) is 12.1 Å². The van der Waals surface area contributed by atoms with E-state index in [1.165, 1.54) is 16.0 Å². The molecular formula is C20H20O3S. The van der Waals surface area contributed by atoms with Crippen molar-refractivity contribution >= 4 is 28.9 Å². The molecule has 0 amide bonds. The van der Waals surface area contributed by atoms with E-state index in [4.69, 9.17) is 4.74 Å². The molecule has 3 nitrogen and oxygen atoms in total. The second-order valence-corrected chi connectivity index (χ2v) is 6.64. The van der Waals surface area contributed by atoms with Crippen molar-refractivity contribution < 1.29 is 14.6 Å².